The zero-order valence-electron chi connectivity index (χ0n) is 30.2. The maximum atomic E-state index is 12.5. The van der Waals surface area contributed by atoms with E-state index in [1.807, 2.05) is 0 Å². The number of aliphatic hydroxyl groups excluding tert-OH is 10. The van der Waals surface area contributed by atoms with Crippen molar-refractivity contribution in [2.75, 3.05) is 52.6 Å². The number of ether oxygens (including phenoxy) is 1. The normalized spacial score (nSPS) is 20.2. The van der Waals surface area contributed by atoms with Crippen LogP contribution in [-0.2, 0) is 37.0 Å². The molecule has 314 valence electrons. The molecular formula is C33H55N5O17. The van der Waals surface area contributed by atoms with E-state index in [9.17, 15) is 70.2 Å². The number of hydrogen-bond donors (Lipinski definition) is 14. The number of pyridine rings is 1. The van der Waals surface area contributed by atoms with Crippen LogP contribution in [0.2, 0.25) is 0 Å². The molecule has 22 nitrogen and oxygen atoms in total. The number of aliphatic carboxylic acids is 2. The van der Waals surface area contributed by atoms with Crippen molar-refractivity contribution in [3.05, 3.63) is 29.6 Å². The number of carbonyl (C=O) groups is 4. The fraction of sp³-hybridized carbons (Fsp3) is 0.727. The average Bonchev–Trinajstić information content (AvgIpc) is 3.16. The lowest BCUT2D eigenvalue weighted by Gasteiger charge is -2.31. The highest BCUT2D eigenvalue weighted by Gasteiger charge is 2.33. The number of carboxylic acids is 2. The predicted molar refractivity (Wildman–Crippen MR) is 185 cm³/mol. The van der Waals surface area contributed by atoms with Crippen LogP contribution < -0.4 is 10.6 Å². The number of hydrogen-bond acceptors (Lipinski definition) is 18. The predicted octanol–water partition coefficient (Wildman–Crippen LogP) is -6.71. The van der Waals surface area contributed by atoms with E-state index in [1.165, 1.54) is 0 Å². The van der Waals surface area contributed by atoms with Gasteiger partial charge in [0.25, 0.3) is 0 Å². The van der Waals surface area contributed by atoms with Gasteiger partial charge in [0.2, 0.25) is 11.8 Å². The number of carboxylic acid groups (broad SMARTS) is 2. The molecule has 0 fully saturated rings. The highest BCUT2D eigenvalue weighted by Crippen LogP contribution is 2.17. The van der Waals surface area contributed by atoms with Gasteiger partial charge in [0, 0.05) is 52.1 Å². The minimum Gasteiger partial charge on any atom is -0.480 e. The summed E-state index contributed by atoms with van der Waals surface area (Å²) in [6.07, 6.45) is -15.4. The molecule has 2 heterocycles. The molecule has 22 heteroatoms. The zero-order valence-corrected chi connectivity index (χ0v) is 30.2. The van der Waals surface area contributed by atoms with E-state index < -0.39 is 111 Å². The highest BCUT2D eigenvalue weighted by atomic mass is 16.5. The molecule has 2 rings (SSSR count). The summed E-state index contributed by atoms with van der Waals surface area (Å²) < 4.78 is 5.75. The first-order valence-electron chi connectivity index (χ1n) is 17.7. The van der Waals surface area contributed by atoms with Gasteiger partial charge in [0.05, 0.1) is 50.0 Å². The molecule has 55 heavy (non-hydrogen) atoms. The van der Waals surface area contributed by atoms with Gasteiger partial charge >= 0.3 is 11.9 Å². The molecule has 2 bridgehead atoms. The molecule has 1 aliphatic heterocycles. The largest absolute Gasteiger partial charge is 0.480 e. The van der Waals surface area contributed by atoms with Gasteiger partial charge in [-0.15, -0.1) is 0 Å². The van der Waals surface area contributed by atoms with Crippen molar-refractivity contribution in [1.82, 2.24) is 25.4 Å². The lowest BCUT2D eigenvalue weighted by molar-refractivity contribution is -0.145. The first-order valence-corrected chi connectivity index (χ1v) is 17.7. The van der Waals surface area contributed by atoms with Gasteiger partial charge in [-0.25, -0.2) is 0 Å². The molecule has 0 radical (unpaired) electrons. The van der Waals surface area contributed by atoms with Gasteiger partial charge in [0.15, 0.2) is 0 Å². The lowest BCUT2D eigenvalue weighted by Crippen LogP contribution is -2.50. The Kier molecular flexibility index (Phi) is 21.0. The van der Waals surface area contributed by atoms with Crippen molar-refractivity contribution in [1.29, 1.82) is 0 Å². The van der Waals surface area contributed by atoms with Gasteiger partial charge < -0.3 is 76.6 Å². The van der Waals surface area contributed by atoms with E-state index >= 15 is 0 Å². The van der Waals surface area contributed by atoms with Crippen molar-refractivity contribution in [3.63, 3.8) is 0 Å². The van der Waals surface area contributed by atoms with Crippen molar-refractivity contribution < 1.29 is 85.2 Å². The summed E-state index contributed by atoms with van der Waals surface area (Å²) in [7, 11) is 0. The van der Waals surface area contributed by atoms with Crippen molar-refractivity contribution >= 4 is 23.8 Å². The van der Waals surface area contributed by atoms with E-state index in [2.05, 4.69) is 15.6 Å². The number of amides is 2. The molecule has 0 unspecified atom stereocenters. The number of nitrogens with zero attached hydrogens (tertiary/aromatic N) is 3. The molecule has 0 aromatic carbocycles. The standard InChI is InChI=1S/C33H55N5O17/c39-16-24(43)30(49)28(47)22(41)12-34-26(45)6-4-20(32(51)52)37-8-10-55-11-9-38(15-19-3-1-2-18(14-37)36-19)21(33(53)54)5-7-27(46)35-13-23(42)29(48)31(50)25(44)17-40/h1-3,20-25,28-31,39-44,47-50H,4-17H2,(H,34,45)(H,35,46)(H,51,52)(H,53,54)/t20-,21+,22-,23-,24+,25+,28+,29+,30+,31+/m0/s1. The summed E-state index contributed by atoms with van der Waals surface area (Å²) in [5, 5.41) is 121. The van der Waals surface area contributed by atoms with Crippen molar-refractivity contribution in [2.24, 2.45) is 0 Å². The first kappa shape index (κ1) is 47.7. The molecular weight excluding hydrogens is 738 g/mol. The van der Waals surface area contributed by atoms with Crippen LogP contribution in [0, 0.1) is 0 Å². The quantitative estimate of drug-likeness (QED) is 0.0519. The number of aromatic nitrogens is 1. The fourth-order valence-electron chi connectivity index (χ4n) is 5.72. The number of carbonyl (C=O) groups excluding carboxylic acids is 2. The number of nitrogens with one attached hydrogen (secondary N) is 2. The second kappa shape index (κ2) is 24.2. The lowest BCUT2D eigenvalue weighted by atomic mass is 10.0. The Morgan fingerprint density at radius 2 is 1.00 bits per heavy atom. The monoisotopic (exact) mass is 793 g/mol. The Morgan fingerprint density at radius 1 is 0.636 bits per heavy atom. The maximum Gasteiger partial charge on any atom is 0.320 e. The minimum atomic E-state index is -1.89. The Bertz CT molecular complexity index is 1250. The Labute approximate surface area is 316 Å². The summed E-state index contributed by atoms with van der Waals surface area (Å²) in [6.45, 7) is -2.65. The van der Waals surface area contributed by atoms with Crippen molar-refractivity contribution in [2.45, 2.75) is 99.7 Å². The molecule has 1 aliphatic rings. The smallest absolute Gasteiger partial charge is 0.320 e. The SMILES string of the molecule is O=C(CC[C@H](C(=O)O)N1CCOCCN([C@@H](CCC(=O)NC[C@H](O)[C@@H](O)[C@H](O)[C@H](O)CO)C(=O)O)Cc2cccc(n2)C1)NC[C@H](O)[C@@H](O)[C@H](O)[C@H](O)CO. The van der Waals surface area contributed by atoms with Crippen LogP contribution >= 0.6 is 0 Å². The molecule has 2 amide bonds. The van der Waals surface area contributed by atoms with Crippen LogP contribution in [-0.4, -0.2) is 213 Å². The third-order valence-corrected chi connectivity index (χ3v) is 9.05. The van der Waals surface area contributed by atoms with E-state index in [0.717, 1.165) is 0 Å². The number of aliphatic hydroxyl groups is 10. The Balaban J connectivity index is 2.06. The summed E-state index contributed by atoms with van der Waals surface area (Å²) >= 11 is 0. The molecule has 0 saturated heterocycles. The van der Waals surface area contributed by atoms with Crippen LogP contribution in [0.4, 0.5) is 0 Å². The van der Waals surface area contributed by atoms with Crippen LogP contribution in [0.1, 0.15) is 37.1 Å². The van der Waals surface area contributed by atoms with E-state index in [0.29, 0.717) is 11.4 Å². The second-order valence-electron chi connectivity index (χ2n) is 13.2. The van der Waals surface area contributed by atoms with Crippen LogP contribution in [0.25, 0.3) is 0 Å². The van der Waals surface area contributed by atoms with Crippen LogP contribution in [0.5, 0.6) is 0 Å². The van der Waals surface area contributed by atoms with Gasteiger partial charge in [-0.3, -0.25) is 34.0 Å². The van der Waals surface area contributed by atoms with Gasteiger partial charge in [-0.1, -0.05) is 6.07 Å². The van der Waals surface area contributed by atoms with Crippen molar-refractivity contribution in [3.8, 4) is 0 Å². The third kappa shape index (κ3) is 15.9. The maximum absolute atomic E-state index is 12.5. The van der Waals surface area contributed by atoms with E-state index in [-0.39, 0.29) is 65.1 Å². The molecule has 0 aliphatic carbocycles. The van der Waals surface area contributed by atoms with Gasteiger partial charge in [-0.05, 0) is 25.0 Å². The molecule has 0 spiro atoms. The third-order valence-electron chi connectivity index (χ3n) is 9.05. The first-order chi connectivity index (χ1) is 26.0. The Hall–Kier alpha value is -3.49. The fourth-order valence-corrected chi connectivity index (χ4v) is 5.72. The van der Waals surface area contributed by atoms with E-state index in [1.54, 1.807) is 28.0 Å². The second-order valence-corrected chi connectivity index (χ2v) is 13.2. The molecule has 10 atom stereocenters. The molecule has 1 aromatic rings. The zero-order chi connectivity index (χ0) is 41.2. The summed E-state index contributed by atoms with van der Waals surface area (Å²) in [5.41, 5.74) is 0.858. The molecule has 14 N–H and O–H groups in total. The average molecular weight is 794 g/mol. The molecule has 1 aromatic heterocycles. The van der Waals surface area contributed by atoms with Gasteiger partial charge in [0.1, 0.15) is 48.7 Å². The topological polar surface area (TPSA) is 364 Å². The van der Waals surface area contributed by atoms with Crippen LogP contribution in [0.3, 0.4) is 0 Å². The number of fused-ring (bicyclic) bond motifs is 2. The molecule has 0 saturated carbocycles. The van der Waals surface area contributed by atoms with Crippen LogP contribution in [0.15, 0.2) is 18.2 Å². The van der Waals surface area contributed by atoms with E-state index in [4.69, 9.17) is 14.9 Å². The summed E-state index contributed by atoms with van der Waals surface area (Å²) in [5.74, 6) is -3.82. The highest BCUT2D eigenvalue weighted by molar-refractivity contribution is 5.79. The number of rotatable bonds is 22. The van der Waals surface area contributed by atoms with Gasteiger partial charge in [-0.2, -0.15) is 0 Å². The summed E-state index contributed by atoms with van der Waals surface area (Å²) in [6, 6.07) is 2.56. The minimum absolute atomic E-state index is 0.00479. The summed E-state index contributed by atoms with van der Waals surface area (Å²) in [4.78, 5) is 57.5. The Morgan fingerprint density at radius 3 is 1.35 bits per heavy atom.